The maximum Gasteiger partial charge on any atom is 0.373 e. The normalized spacial score (nSPS) is 32.7. The standard InChI is InChI=1S/C16H26O5/c1-15(2,3)20-12-10-13(14(17)18-4)21-16(19-5)9-7-6-8-11(12)16/h10-12H,6-9H2,1-5H3/t11-,12-,16-/m1/s1. The molecule has 5 heteroatoms. The Hall–Kier alpha value is -1.07. The van der Waals surface area contributed by atoms with Crippen LogP contribution in [0.3, 0.4) is 0 Å². The van der Waals surface area contributed by atoms with Crippen molar-refractivity contribution < 1.29 is 23.7 Å². The maximum absolute atomic E-state index is 11.9. The molecule has 1 fully saturated rings. The molecule has 1 aliphatic carbocycles. The molecule has 1 aliphatic heterocycles. The Labute approximate surface area is 126 Å². The zero-order valence-corrected chi connectivity index (χ0v) is 13.6. The highest BCUT2D eigenvalue weighted by Gasteiger charge is 2.52. The molecule has 0 saturated heterocycles. The van der Waals surface area contributed by atoms with Crippen LogP contribution in [0.4, 0.5) is 0 Å². The molecule has 0 bridgehead atoms. The molecule has 2 rings (SSSR count). The van der Waals surface area contributed by atoms with Gasteiger partial charge < -0.3 is 18.9 Å². The average Bonchev–Trinajstić information content (AvgIpc) is 2.44. The summed E-state index contributed by atoms with van der Waals surface area (Å²) in [5.41, 5.74) is -0.309. The molecule has 0 spiro atoms. The van der Waals surface area contributed by atoms with E-state index in [0.29, 0.717) is 0 Å². The van der Waals surface area contributed by atoms with E-state index in [1.54, 1.807) is 13.2 Å². The van der Waals surface area contributed by atoms with Crippen LogP contribution in [0.5, 0.6) is 0 Å². The Bertz CT molecular complexity index is 423. The predicted molar refractivity (Wildman–Crippen MR) is 77.5 cm³/mol. The lowest BCUT2D eigenvalue weighted by atomic mass is 9.77. The largest absolute Gasteiger partial charge is 0.463 e. The SMILES string of the molecule is COC(=O)C1=C[C@@H](OC(C)(C)C)[C@H]2CCCC[C@@]2(OC)O1. The molecule has 0 radical (unpaired) electrons. The van der Waals surface area contributed by atoms with Gasteiger partial charge in [0.05, 0.1) is 24.7 Å². The van der Waals surface area contributed by atoms with Crippen molar-refractivity contribution in [2.24, 2.45) is 5.92 Å². The fraction of sp³-hybridized carbons (Fsp3) is 0.812. The summed E-state index contributed by atoms with van der Waals surface area (Å²) < 4.78 is 22.6. The predicted octanol–water partition coefficient (Wildman–Crippen LogP) is 2.79. The molecule has 3 atom stereocenters. The second-order valence-electron chi connectivity index (χ2n) is 6.69. The van der Waals surface area contributed by atoms with Crippen LogP contribution in [0.25, 0.3) is 0 Å². The van der Waals surface area contributed by atoms with Crippen LogP contribution in [-0.4, -0.2) is 37.7 Å². The number of carbonyl (C=O) groups is 1. The highest BCUT2D eigenvalue weighted by molar-refractivity contribution is 5.86. The lowest BCUT2D eigenvalue weighted by Gasteiger charge is -2.48. The number of fused-ring (bicyclic) bond motifs is 1. The first kappa shape index (κ1) is 16.3. The topological polar surface area (TPSA) is 54.0 Å². The molecular weight excluding hydrogens is 272 g/mol. The van der Waals surface area contributed by atoms with Crippen molar-refractivity contribution in [1.82, 2.24) is 0 Å². The summed E-state index contributed by atoms with van der Waals surface area (Å²) in [6.45, 7) is 6.02. The number of hydrogen-bond acceptors (Lipinski definition) is 5. The Morgan fingerprint density at radius 3 is 2.62 bits per heavy atom. The molecular formula is C16H26O5. The van der Waals surface area contributed by atoms with E-state index in [1.807, 2.05) is 20.8 Å². The summed E-state index contributed by atoms with van der Waals surface area (Å²) in [6.07, 6.45) is 5.37. The minimum absolute atomic E-state index is 0.0869. The van der Waals surface area contributed by atoms with E-state index in [4.69, 9.17) is 18.9 Å². The van der Waals surface area contributed by atoms with E-state index in [0.717, 1.165) is 25.7 Å². The molecule has 0 N–H and O–H groups in total. The Morgan fingerprint density at radius 2 is 2.05 bits per heavy atom. The highest BCUT2D eigenvalue weighted by Crippen LogP contribution is 2.45. The fourth-order valence-corrected chi connectivity index (χ4v) is 3.20. The van der Waals surface area contributed by atoms with Crippen molar-refractivity contribution in [1.29, 1.82) is 0 Å². The third kappa shape index (κ3) is 3.40. The molecule has 2 aliphatic rings. The van der Waals surface area contributed by atoms with Crippen molar-refractivity contribution >= 4 is 5.97 Å². The van der Waals surface area contributed by atoms with E-state index in [9.17, 15) is 4.79 Å². The van der Waals surface area contributed by atoms with Gasteiger partial charge in [-0.25, -0.2) is 4.79 Å². The van der Waals surface area contributed by atoms with E-state index >= 15 is 0 Å². The van der Waals surface area contributed by atoms with Crippen LogP contribution in [0.1, 0.15) is 46.5 Å². The number of ether oxygens (including phenoxy) is 4. The molecule has 0 aromatic heterocycles. The van der Waals surface area contributed by atoms with Gasteiger partial charge in [0.1, 0.15) is 0 Å². The third-order valence-corrected chi connectivity index (χ3v) is 4.07. The monoisotopic (exact) mass is 298 g/mol. The van der Waals surface area contributed by atoms with Crippen LogP contribution in [-0.2, 0) is 23.7 Å². The highest BCUT2D eigenvalue weighted by atomic mass is 16.7. The van der Waals surface area contributed by atoms with E-state index in [2.05, 4.69) is 0 Å². The number of esters is 1. The zero-order chi connectivity index (χ0) is 15.7. The molecule has 21 heavy (non-hydrogen) atoms. The summed E-state index contributed by atoms with van der Waals surface area (Å²) in [5, 5.41) is 0. The quantitative estimate of drug-likeness (QED) is 0.750. The number of methoxy groups -OCH3 is 2. The Balaban J connectivity index is 2.36. The van der Waals surface area contributed by atoms with Crippen molar-refractivity contribution in [3.05, 3.63) is 11.8 Å². The second kappa shape index (κ2) is 5.97. The summed E-state index contributed by atoms with van der Waals surface area (Å²) in [5.74, 6) is -1.000. The third-order valence-electron chi connectivity index (χ3n) is 4.07. The van der Waals surface area contributed by atoms with Crippen LogP contribution in [0.2, 0.25) is 0 Å². The smallest absolute Gasteiger partial charge is 0.373 e. The number of rotatable bonds is 3. The van der Waals surface area contributed by atoms with Gasteiger partial charge in [0.25, 0.3) is 0 Å². The zero-order valence-electron chi connectivity index (χ0n) is 13.6. The summed E-state index contributed by atoms with van der Waals surface area (Å²) >= 11 is 0. The first-order valence-electron chi connectivity index (χ1n) is 7.53. The van der Waals surface area contributed by atoms with E-state index in [1.165, 1.54) is 7.11 Å². The molecule has 5 nitrogen and oxygen atoms in total. The van der Waals surface area contributed by atoms with Gasteiger partial charge in [0.2, 0.25) is 11.5 Å². The molecule has 0 aromatic carbocycles. The van der Waals surface area contributed by atoms with Crippen LogP contribution >= 0.6 is 0 Å². The second-order valence-corrected chi connectivity index (χ2v) is 6.69. The van der Waals surface area contributed by atoms with Crippen molar-refractivity contribution in [2.45, 2.75) is 63.9 Å². The fourth-order valence-electron chi connectivity index (χ4n) is 3.20. The number of hydrogen-bond donors (Lipinski definition) is 0. The minimum Gasteiger partial charge on any atom is -0.463 e. The van der Waals surface area contributed by atoms with Gasteiger partial charge in [-0.1, -0.05) is 6.42 Å². The molecule has 0 aromatic rings. The maximum atomic E-state index is 11.9. The van der Waals surface area contributed by atoms with Crippen LogP contribution in [0, 0.1) is 5.92 Å². The molecule has 1 heterocycles. The van der Waals surface area contributed by atoms with Crippen molar-refractivity contribution in [3.63, 3.8) is 0 Å². The van der Waals surface area contributed by atoms with Gasteiger partial charge in [-0.3, -0.25) is 0 Å². The molecule has 1 saturated carbocycles. The number of carbonyl (C=O) groups excluding carboxylic acids is 1. The van der Waals surface area contributed by atoms with Crippen molar-refractivity contribution in [2.75, 3.05) is 14.2 Å². The van der Waals surface area contributed by atoms with Crippen LogP contribution < -0.4 is 0 Å². The van der Waals surface area contributed by atoms with Gasteiger partial charge in [0.15, 0.2) is 0 Å². The summed E-state index contributed by atoms with van der Waals surface area (Å²) in [4.78, 5) is 11.9. The minimum atomic E-state index is -0.785. The van der Waals surface area contributed by atoms with Gasteiger partial charge >= 0.3 is 5.97 Å². The summed E-state index contributed by atoms with van der Waals surface area (Å²) in [6, 6.07) is 0. The van der Waals surface area contributed by atoms with E-state index < -0.39 is 11.8 Å². The lowest BCUT2D eigenvalue weighted by Crippen LogP contribution is -2.54. The average molecular weight is 298 g/mol. The lowest BCUT2D eigenvalue weighted by molar-refractivity contribution is -0.281. The Kier molecular flexibility index (Phi) is 4.63. The Morgan fingerprint density at radius 1 is 1.33 bits per heavy atom. The summed E-state index contributed by atoms with van der Waals surface area (Å²) in [7, 11) is 2.98. The van der Waals surface area contributed by atoms with Gasteiger partial charge in [-0.15, -0.1) is 0 Å². The van der Waals surface area contributed by atoms with Crippen LogP contribution in [0.15, 0.2) is 11.8 Å². The van der Waals surface area contributed by atoms with E-state index in [-0.39, 0.29) is 23.4 Å². The molecule has 0 unspecified atom stereocenters. The van der Waals surface area contributed by atoms with Crippen molar-refractivity contribution in [3.8, 4) is 0 Å². The van der Waals surface area contributed by atoms with Gasteiger partial charge in [-0.2, -0.15) is 0 Å². The van der Waals surface area contributed by atoms with Gasteiger partial charge in [-0.05, 0) is 39.7 Å². The van der Waals surface area contributed by atoms with Gasteiger partial charge in [0, 0.05) is 13.5 Å². The first-order chi connectivity index (χ1) is 9.81. The first-order valence-corrected chi connectivity index (χ1v) is 7.53. The molecule has 120 valence electrons. The molecule has 0 amide bonds.